The Balaban J connectivity index is 2.08. The number of fused-ring (bicyclic) bond motifs is 1. The fourth-order valence-electron chi connectivity index (χ4n) is 2.65. The normalized spacial score (nSPS) is 10.6. The SMILES string of the molecule is C=C(c1cc(OC)c(OC)c(OC)c1)c1cc2ccccc2[nH]1. The number of hydrogen-bond donors (Lipinski definition) is 1. The van der Waals surface area contributed by atoms with Crippen LogP contribution in [0.1, 0.15) is 11.3 Å². The van der Waals surface area contributed by atoms with Crippen LogP contribution in [-0.2, 0) is 0 Å². The van der Waals surface area contributed by atoms with E-state index in [9.17, 15) is 0 Å². The predicted octanol–water partition coefficient (Wildman–Crippen LogP) is 4.26. The Labute approximate surface area is 135 Å². The van der Waals surface area contributed by atoms with Gasteiger partial charge in [-0.1, -0.05) is 24.8 Å². The highest BCUT2D eigenvalue weighted by Crippen LogP contribution is 2.40. The summed E-state index contributed by atoms with van der Waals surface area (Å²) in [5, 5.41) is 1.15. The van der Waals surface area contributed by atoms with E-state index >= 15 is 0 Å². The molecular formula is C19H19NO3. The molecule has 0 saturated carbocycles. The van der Waals surface area contributed by atoms with Crippen molar-refractivity contribution in [2.45, 2.75) is 0 Å². The van der Waals surface area contributed by atoms with Gasteiger partial charge in [-0.3, -0.25) is 0 Å². The van der Waals surface area contributed by atoms with E-state index in [0.29, 0.717) is 17.2 Å². The maximum absolute atomic E-state index is 5.41. The number of benzene rings is 2. The van der Waals surface area contributed by atoms with Crippen LogP contribution in [-0.4, -0.2) is 26.3 Å². The third kappa shape index (κ3) is 2.63. The first-order valence-electron chi connectivity index (χ1n) is 7.25. The first-order chi connectivity index (χ1) is 11.2. The molecule has 1 N–H and O–H groups in total. The minimum atomic E-state index is 0.572. The molecule has 0 radical (unpaired) electrons. The van der Waals surface area contributed by atoms with Crippen molar-refractivity contribution in [3.63, 3.8) is 0 Å². The Morgan fingerprint density at radius 2 is 1.57 bits per heavy atom. The summed E-state index contributed by atoms with van der Waals surface area (Å²) in [7, 11) is 4.80. The summed E-state index contributed by atoms with van der Waals surface area (Å²) < 4.78 is 16.2. The molecule has 1 heterocycles. The second-order valence-corrected chi connectivity index (χ2v) is 5.16. The first kappa shape index (κ1) is 15.0. The number of ether oxygens (including phenoxy) is 3. The third-order valence-electron chi connectivity index (χ3n) is 3.87. The van der Waals surface area contributed by atoms with E-state index in [1.807, 2.05) is 30.3 Å². The molecule has 2 aromatic carbocycles. The lowest BCUT2D eigenvalue weighted by atomic mass is 10.0. The van der Waals surface area contributed by atoms with Gasteiger partial charge < -0.3 is 19.2 Å². The van der Waals surface area contributed by atoms with Gasteiger partial charge >= 0.3 is 0 Å². The molecule has 3 aromatic rings. The molecule has 4 nitrogen and oxygen atoms in total. The van der Waals surface area contributed by atoms with Gasteiger partial charge in [-0.2, -0.15) is 0 Å². The Morgan fingerprint density at radius 1 is 0.913 bits per heavy atom. The van der Waals surface area contributed by atoms with Crippen molar-refractivity contribution in [1.29, 1.82) is 0 Å². The fourth-order valence-corrected chi connectivity index (χ4v) is 2.65. The van der Waals surface area contributed by atoms with Gasteiger partial charge in [0.05, 0.1) is 21.3 Å². The molecule has 4 heteroatoms. The summed E-state index contributed by atoms with van der Waals surface area (Å²) >= 11 is 0. The van der Waals surface area contributed by atoms with Crippen molar-refractivity contribution in [3.05, 3.63) is 60.3 Å². The topological polar surface area (TPSA) is 43.5 Å². The zero-order chi connectivity index (χ0) is 16.4. The van der Waals surface area contributed by atoms with Crippen LogP contribution in [0.5, 0.6) is 17.2 Å². The van der Waals surface area contributed by atoms with E-state index in [1.54, 1.807) is 21.3 Å². The zero-order valence-corrected chi connectivity index (χ0v) is 13.5. The summed E-state index contributed by atoms with van der Waals surface area (Å²) in [6.45, 7) is 4.21. The lowest BCUT2D eigenvalue weighted by Crippen LogP contribution is -1.97. The first-order valence-corrected chi connectivity index (χ1v) is 7.25. The minimum Gasteiger partial charge on any atom is -0.493 e. The van der Waals surface area contributed by atoms with E-state index in [0.717, 1.165) is 27.7 Å². The van der Waals surface area contributed by atoms with Crippen LogP contribution >= 0.6 is 0 Å². The Hall–Kier alpha value is -2.88. The average molecular weight is 309 g/mol. The molecular weight excluding hydrogens is 290 g/mol. The van der Waals surface area contributed by atoms with E-state index in [2.05, 4.69) is 23.7 Å². The Bertz CT molecular complexity index is 806. The van der Waals surface area contributed by atoms with E-state index in [1.165, 1.54) is 0 Å². The van der Waals surface area contributed by atoms with Crippen molar-refractivity contribution in [3.8, 4) is 17.2 Å². The van der Waals surface area contributed by atoms with E-state index in [4.69, 9.17) is 14.2 Å². The monoisotopic (exact) mass is 309 g/mol. The van der Waals surface area contributed by atoms with Gasteiger partial charge in [0.15, 0.2) is 11.5 Å². The van der Waals surface area contributed by atoms with E-state index < -0.39 is 0 Å². The van der Waals surface area contributed by atoms with Crippen molar-refractivity contribution in [1.82, 2.24) is 4.98 Å². The van der Waals surface area contributed by atoms with Crippen LogP contribution in [0, 0.1) is 0 Å². The van der Waals surface area contributed by atoms with Gasteiger partial charge in [0, 0.05) is 16.6 Å². The maximum atomic E-state index is 5.41. The largest absolute Gasteiger partial charge is 0.493 e. The molecule has 0 aliphatic rings. The molecule has 0 aliphatic heterocycles. The quantitative estimate of drug-likeness (QED) is 0.766. The predicted molar refractivity (Wildman–Crippen MR) is 92.5 cm³/mol. The second-order valence-electron chi connectivity index (χ2n) is 5.16. The molecule has 23 heavy (non-hydrogen) atoms. The highest BCUT2D eigenvalue weighted by atomic mass is 16.5. The van der Waals surface area contributed by atoms with Gasteiger partial charge in [-0.05, 0) is 35.4 Å². The van der Waals surface area contributed by atoms with E-state index in [-0.39, 0.29) is 0 Å². The standard InChI is InChI=1S/C19H19NO3/c1-12(16-9-13-7-5-6-8-15(13)20-16)14-10-17(21-2)19(23-4)18(11-14)22-3/h5-11,20H,1H2,2-4H3. The van der Waals surface area contributed by atoms with Crippen molar-refractivity contribution in [2.24, 2.45) is 0 Å². The Kier molecular flexibility index (Phi) is 3.98. The minimum absolute atomic E-state index is 0.572. The number of rotatable bonds is 5. The summed E-state index contributed by atoms with van der Waals surface area (Å²) in [4.78, 5) is 3.38. The van der Waals surface area contributed by atoms with Gasteiger partial charge in [0.1, 0.15) is 0 Å². The van der Waals surface area contributed by atoms with Crippen LogP contribution in [0.15, 0.2) is 49.0 Å². The number of para-hydroxylation sites is 1. The van der Waals surface area contributed by atoms with Crippen LogP contribution in [0.25, 0.3) is 16.5 Å². The lowest BCUT2D eigenvalue weighted by Gasteiger charge is -2.14. The van der Waals surface area contributed by atoms with Crippen molar-refractivity contribution in [2.75, 3.05) is 21.3 Å². The molecule has 0 amide bonds. The molecule has 0 atom stereocenters. The van der Waals surface area contributed by atoms with Gasteiger partial charge in [-0.15, -0.1) is 0 Å². The molecule has 1 aromatic heterocycles. The highest BCUT2D eigenvalue weighted by Gasteiger charge is 2.16. The molecule has 0 bridgehead atoms. The number of aromatic amines is 1. The Morgan fingerprint density at radius 3 is 2.13 bits per heavy atom. The van der Waals surface area contributed by atoms with Gasteiger partial charge in [0.25, 0.3) is 0 Å². The molecule has 0 spiro atoms. The number of hydrogen-bond acceptors (Lipinski definition) is 3. The summed E-state index contributed by atoms with van der Waals surface area (Å²) in [6.07, 6.45) is 0. The van der Waals surface area contributed by atoms with Gasteiger partial charge in [0.2, 0.25) is 5.75 Å². The summed E-state index contributed by atoms with van der Waals surface area (Å²) in [5.74, 6) is 1.79. The van der Waals surface area contributed by atoms with Crippen molar-refractivity contribution < 1.29 is 14.2 Å². The fraction of sp³-hybridized carbons (Fsp3) is 0.158. The molecule has 0 unspecified atom stereocenters. The summed E-state index contributed by atoms with van der Waals surface area (Å²) in [6, 6.07) is 14.0. The molecule has 0 aliphatic carbocycles. The number of nitrogens with one attached hydrogen (secondary N) is 1. The smallest absolute Gasteiger partial charge is 0.203 e. The molecule has 3 rings (SSSR count). The van der Waals surface area contributed by atoms with Gasteiger partial charge in [-0.25, -0.2) is 0 Å². The highest BCUT2D eigenvalue weighted by molar-refractivity contribution is 5.88. The van der Waals surface area contributed by atoms with Crippen molar-refractivity contribution >= 4 is 16.5 Å². The van der Waals surface area contributed by atoms with Crippen LogP contribution in [0.4, 0.5) is 0 Å². The maximum Gasteiger partial charge on any atom is 0.203 e. The van der Waals surface area contributed by atoms with Crippen LogP contribution < -0.4 is 14.2 Å². The number of H-pyrrole nitrogens is 1. The molecule has 118 valence electrons. The molecule has 0 saturated heterocycles. The van der Waals surface area contributed by atoms with Crippen LogP contribution in [0.3, 0.4) is 0 Å². The number of aromatic nitrogens is 1. The average Bonchev–Trinajstić information content (AvgIpc) is 3.03. The van der Waals surface area contributed by atoms with Crippen LogP contribution in [0.2, 0.25) is 0 Å². The lowest BCUT2D eigenvalue weighted by molar-refractivity contribution is 0.324. The molecule has 0 fully saturated rings. The summed E-state index contributed by atoms with van der Waals surface area (Å²) in [5.41, 5.74) is 3.81. The number of methoxy groups -OCH3 is 3. The zero-order valence-electron chi connectivity index (χ0n) is 13.5. The second kappa shape index (κ2) is 6.08. The third-order valence-corrected chi connectivity index (χ3v) is 3.87.